The molecule has 0 radical (unpaired) electrons. The van der Waals surface area contributed by atoms with E-state index in [1.54, 1.807) is 23.1 Å². The largest absolute Gasteiger partial charge is 0.508 e. The van der Waals surface area contributed by atoms with Crippen molar-refractivity contribution in [2.75, 3.05) is 32.8 Å². The normalized spacial score (nSPS) is 19.4. The minimum Gasteiger partial charge on any atom is -0.508 e. The molecule has 2 fully saturated rings. The molecule has 250 valence electrons. The Kier molecular flexibility index (Phi) is 11.3. The first-order chi connectivity index (χ1) is 21.8. The van der Waals surface area contributed by atoms with Crippen molar-refractivity contribution >= 4 is 35.4 Å². The highest BCUT2D eigenvalue weighted by Gasteiger charge is 2.44. The number of carbonyl (C=O) groups is 4. The number of carbonyl (C=O) groups excluding carboxylic acids is 1. The number of hydrogen-bond donors (Lipinski definition) is 6. The van der Waals surface area contributed by atoms with Gasteiger partial charge in [-0.25, -0.2) is 4.79 Å². The number of piperidine rings is 1. The van der Waals surface area contributed by atoms with E-state index >= 15 is 0 Å². The second kappa shape index (κ2) is 14.8. The average molecular weight is 663 g/mol. The third-order valence-electron chi connectivity index (χ3n) is 8.92. The molecule has 2 saturated heterocycles. The van der Waals surface area contributed by atoms with Gasteiger partial charge < -0.3 is 45.2 Å². The molecule has 5 rings (SSSR count). The molecule has 0 bridgehead atoms. The summed E-state index contributed by atoms with van der Waals surface area (Å²) in [4.78, 5) is 48.1. The van der Waals surface area contributed by atoms with Crippen LogP contribution in [0.2, 0.25) is 5.02 Å². The van der Waals surface area contributed by atoms with Gasteiger partial charge in [-0.2, -0.15) is 0 Å². The van der Waals surface area contributed by atoms with Crippen LogP contribution in [0.1, 0.15) is 48.8 Å². The molecule has 1 unspecified atom stereocenters. The van der Waals surface area contributed by atoms with Crippen molar-refractivity contribution in [2.45, 2.75) is 62.4 Å². The number of amides is 1. The fourth-order valence-corrected chi connectivity index (χ4v) is 6.48. The van der Waals surface area contributed by atoms with Crippen LogP contribution in [0.4, 0.5) is 0 Å². The number of aliphatic carboxylic acids is 3. The van der Waals surface area contributed by atoms with Gasteiger partial charge in [0, 0.05) is 31.2 Å². The number of phenols is 1. The smallest absolute Gasteiger partial charge is 0.336 e. The Labute approximate surface area is 270 Å². The molecule has 3 aliphatic heterocycles. The van der Waals surface area contributed by atoms with Crippen molar-refractivity contribution < 1.29 is 54.6 Å². The van der Waals surface area contributed by atoms with Crippen molar-refractivity contribution in [2.24, 2.45) is 5.92 Å². The summed E-state index contributed by atoms with van der Waals surface area (Å²) in [5.74, 6) is -5.10. The van der Waals surface area contributed by atoms with E-state index in [9.17, 15) is 29.4 Å². The van der Waals surface area contributed by atoms with E-state index in [-0.39, 0.29) is 35.8 Å². The fourth-order valence-electron chi connectivity index (χ4n) is 6.29. The maximum atomic E-state index is 13.4. The van der Waals surface area contributed by atoms with Gasteiger partial charge in [0.2, 0.25) is 5.91 Å². The Balaban J connectivity index is 0.000000315. The highest BCUT2D eigenvalue weighted by Crippen LogP contribution is 2.44. The van der Waals surface area contributed by atoms with Crippen molar-refractivity contribution in [3.05, 3.63) is 64.2 Å². The molecule has 3 aliphatic rings. The summed E-state index contributed by atoms with van der Waals surface area (Å²) in [6, 6.07) is 13.3. The molecule has 13 nitrogen and oxygen atoms in total. The number of hydrogen-bond acceptors (Lipinski definition) is 9. The molecule has 6 N–H and O–H groups in total. The van der Waals surface area contributed by atoms with E-state index in [4.69, 9.17) is 36.8 Å². The van der Waals surface area contributed by atoms with Crippen molar-refractivity contribution in [1.29, 1.82) is 0 Å². The van der Waals surface area contributed by atoms with Gasteiger partial charge in [-0.05, 0) is 60.6 Å². The van der Waals surface area contributed by atoms with Crippen LogP contribution in [0.15, 0.2) is 42.5 Å². The SMILES string of the molecule is O=C(C(Cc1cc(O)ccc1Cl)CN1CCC2(CC1)OCc1ccccc12)N1CC[C@H]1CO.O=C(O)CC(O)(CC(=O)O)C(=O)O. The molecule has 0 saturated carbocycles. The highest BCUT2D eigenvalue weighted by atomic mass is 35.5. The number of likely N-dealkylation sites (tertiary alicyclic amines) is 2. The van der Waals surface area contributed by atoms with Gasteiger partial charge in [0.05, 0.1) is 43.6 Å². The summed E-state index contributed by atoms with van der Waals surface area (Å²) >= 11 is 6.39. The fraction of sp³-hybridized carbons (Fsp3) is 0.500. The zero-order valence-electron chi connectivity index (χ0n) is 25.2. The van der Waals surface area contributed by atoms with Crippen molar-refractivity contribution in [1.82, 2.24) is 9.80 Å². The Hall–Kier alpha value is -3.75. The number of nitrogens with zero attached hydrogens (tertiary/aromatic N) is 2. The molecule has 1 amide bonds. The number of rotatable bonds is 11. The third-order valence-corrected chi connectivity index (χ3v) is 9.29. The zero-order chi connectivity index (χ0) is 33.6. The number of ether oxygens (including phenoxy) is 1. The number of fused-ring (bicyclic) bond motifs is 2. The van der Waals surface area contributed by atoms with Crippen LogP contribution in [-0.2, 0) is 42.5 Å². The minimum atomic E-state index is -2.74. The first kappa shape index (κ1) is 35.1. The lowest BCUT2D eigenvalue weighted by molar-refractivity contribution is -0.170. The van der Waals surface area contributed by atoms with E-state index in [0.29, 0.717) is 31.1 Å². The number of aromatic hydroxyl groups is 1. The molecule has 14 heteroatoms. The average Bonchev–Trinajstić information content (AvgIpc) is 3.32. The van der Waals surface area contributed by atoms with Gasteiger partial charge in [0.1, 0.15) is 5.75 Å². The number of carboxylic acids is 3. The topological polar surface area (TPSA) is 205 Å². The number of benzene rings is 2. The molecule has 2 aromatic rings. The van der Waals surface area contributed by atoms with Crippen LogP contribution >= 0.6 is 11.6 Å². The van der Waals surface area contributed by atoms with Crippen LogP contribution in [0.25, 0.3) is 0 Å². The van der Waals surface area contributed by atoms with Gasteiger partial charge in [0.15, 0.2) is 5.60 Å². The predicted molar refractivity (Wildman–Crippen MR) is 163 cm³/mol. The number of halogens is 1. The first-order valence-corrected chi connectivity index (χ1v) is 15.4. The van der Waals surface area contributed by atoms with Crippen LogP contribution in [0.5, 0.6) is 5.75 Å². The monoisotopic (exact) mass is 662 g/mol. The van der Waals surface area contributed by atoms with Gasteiger partial charge in [-0.1, -0.05) is 35.9 Å². The van der Waals surface area contributed by atoms with Crippen LogP contribution in [-0.4, -0.2) is 109 Å². The zero-order valence-corrected chi connectivity index (χ0v) is 25.9. The molecule has 0 aliphatic carbocycles. The summed E-state index contributed by atoms with van der Waals surface area (Å²) in [5.41, 5.74) is 0.427. The third kappa shape index (κ3) is 8.15. The number of carboxylic acid groups (broad SMARTS) is 3. The maximum absolute atomic E-state index is 13.4. The Morgan fingerprint density at radius 1 is 1.00 bits per heavy atom. The van der Waals surface area contributed by atoms with E-state index in [1.165, 1.54) is 11.1 Å². The summed E-state index contributed by atoms with van der Waals surface area (Å²) < 4.78 is 6.30. The predicted octanol–water partition coefficient (Wildman–Crippen LogP) is 2.07. The van der Waals surface area contributed by atoms with Gasteiger partial charge >= 0.3 is 17.9 Å². The Bertz CT molecular complexity index is 1420. The molecular weight excluding hydrogens is 624 g/mol. The summed E-state index contributed by atoms with van der Waals surface area (Å²) in [7, 11) is 0. The molecule has 2 aromatic carbocycles. The van der Waals surface area contributed by atoms with Gasteiger partial charge in [-0.15, -0.1) is 0 Å². The molecule has 0 aromatic heterocycles. The number of phenolic OH excluding ortho intramolecular Hbond substituents is 1. The van der Waals surface area contributed by atoms with Gasteiger partial charge in [0.25, 0.3) is 0 Å². The molecule has 46 heavy (non-hydrogen) atoms. The minimum absolute atomic E-state index is 0.00563. The van der Waals surface area contributed by atoms with Crippen molar-refractivity contribution in [3.63, 3.8) is 0 Å². The van der Waals surface area contributed by atoms with Crippen LogP contribution in [0.3, 0.4) is 0 Å². The molecular formula is C32H39ClN2O11. The summed E-state index contributed by atoms with van der Waals surface area (Å²) in [5, 5.41) is 53.9. The van der Waals surface area contributed by atoms with E-state index in [2.05, 4.69) is 29.2 Å². The second-order valence-electron chi connectivity index (χ2n) is 12.1. The van der Waals surface area contributed by atoms with Gasteiger partial charge in [-0.3, -0.25) is 14.4 Å². The number of aliphatic hydroxyl groups excluding tert-OH is 1. The van der Waals surface area contributed by atoms with Crippen LogP contribution in [0, 0.1) is 5.92 Å². The maximum Gasteiger partial charge on any atom is 0.336 e. The second-order valence-corrected chi connectivity index (χ2v) is 12.5. The van der Waals surface area contributed by atoms with E-state index in [0.717, 1.165) is 37.9 Å². The van der Waals surface area contributed by atoms with Crippen molar-refractivity contribution in [3.8, 4) is 5.75 Å². The molecule has 3 heterocycles. The lowest BCUT2D eigenvalue weighted by atomic mass is 9.83. The summed E-state index contributed by atoms with van der Waals surface area (Å²) in [6.45, 7) is 3.68. The Morgan fingerprint density at radius 2 is 1.65 bits per heavy atom. The first-order valence-electron chi connectivity index (χ1n) is 15.0. The lowest BCUT2D eigenvalue weighted by Gasteiger charge is -2.44. The quantitative estimate of drug-likeness (QED) is 0.205. The molecule has 1 spiro atoms. The number of aliphatic hydroxyl groups is 2. The Morgan fingerprint density at radius 3 is 2.22 bits per heavy atom. The van der Waals surface area contributed by atoms with Crippen LogP contribution < -0.4 is 0 Å². The van der Waals surface area contributed by atoms with E-state index < -0.39 is 36.4 Å². The standard InChI is InChI=1S/C26H31ClN2O4.C6H8O7/c27-24-6-5-22(31)14-19(24)13-20(25(32)29-10-7-21(29)16-30)15-28-11-8-26(9-12-28)23-4-2-1-3-18(23)17-33-26;7-3(8)1-6(13,5(11)12)2-4(9)10/h1-6,14,20-21,30-31H,7-13,15-17H2;13H,1-2H2,(H,7,8)(H,9,10)(H,11,12)/t20?,21-;/m0./s1. The summed E-state index contributed by atoms with van der Waals surface area (Å²) in [6.07, 6.45) is 0.817. The lowest BCUT2D eigenvalue weighted by Crippen LogP contribution is -2.56. The molecule has 2 atom stereocenters. The van der Waals surface area contributed by atoms with E-state index in [1.807, 2.05) is 0 Å². The highest BCUT2D eigenvalue weighted by molar-refractivity contribution is 6.31.